The predicted molar refractivity (Wildman–Crippen MR) is 73.3 cm³/mol. The fraction of sp³-hybridized carbons (Fsp3) is 0.286. The van der Waals surface area contributed by atoms with Crippen LogP contribution in [0.5, 0.6) is 0 Å². The van der Waals surface area contributed by atoms with Gasteiger partial charge in [0.15, 0.2) is 0 Å². The van der Waals surface area contributed by atoms with Gasteiger partial charge < -0.3 is 18.9 Å². The fourth-order valence-electron chi connectivity index (χ4n) is 1.91. The van der Waals surface area contributed by atoms with Crippen LogP contribution >= 0.6 is 0 Å². The second-order valence-corrected chi connectivity index (χ2v) is 4.17. The van der Waals surface area contributed by atoms with Crippen molar-refractivity contribution in [1.29, 1.82) is 0 Å². The van der Waals surface area contributed by atoms with E-state index in [9.17, 15) is 9.59 Å². The highest BCUT2D eigenvalue weighted by atomic mass is 16.8. The second kappa shape index (κ2) is 6.17. The van der Waals surface area contributed by atoms with Gasteiger partial charge in [-0.15, -0.1) is 0 Å². The number of fused-ring (bicyclic) bond motifs is 1. The monoisotopic (exact) mass is 293 g/mol. The molecule has 1 atom stereocenters. The molecule has 1 heterocycles. The van der Waals surface area contributed by atoms with E-state index >= 15 is 0 Å². The Balaban J connectivity index is 2.47. The SMILES string of the molecule is COC(=O)OC1OC=C(C)c2ccccc2N1C(=O)OC. The summed E-state index contributed by atoms with van der Waals surface area (Å²) in [5, 5.41) is 0. The number of allylic oxidation sites excluding steroid dienone is 1. The van der Waals surface area contributed by atoms with E-state index in [1.165, 1.54) is 13.4 Å². The first kappa shape index (κ1) is 14.7. The zero-order valence-corrected chi connectivity index (χ0v) is 11.9. The molecule has 0 aliphatic carbocycles. The van der Waals surface area contributed by atoms with Gasteiger partial charge in [0.2, 0.25) is 0 Å². The summed E-state index contributed by atoms with van der Waals surface area (Å²) in [5.74, 6) is 0. The molecule has 21 heavy (non-hydrogen) atoms. The maximum Gasteiger partial charge on any atom is 0.512 e. The number of anilines is 1. The Kier molecular flexibility index (Phi) is 4.32. The summed E-state index contributed by atoms with van der Waals surface area (Å²) in [7, 11) is 2.39. The van der Waals surface area contributed by atoms with Crippen LogP contribution in [0, 0.1) is 0 Å². The van der Waals surface area contributed by atoms with Crippen molar-refractivity contribution in [2.24, 2.45) is 0 Å². The van der Waals surface area contributed by atoms with Crippen molar-refractivity contribution in [2.45, 2.75) is 13.3 Å². The Morgan fingerprint density at radius 2 is 1.90 bits per heavy atom. The Morgan fingerprint density at radius 3 is 2.57 bits per heavy atom. The van der Waals surface area contributed by atoms with Crippen LogP contribution in [0.1, 0.15) is 12.5 Å². The Morgan fingerprint density at radius 1 is 1.19 bits per heavy atom. The number of para-hydroxylation sites is 1. The number of nitrogens with zero attached hydrogens (tertiary/aromatic N) is 1. The van der Waals surface area contributed by atoms with Gasteiger partial charge in [-0.25, -0.2) is 14.5 Å². The lowest BCUT2D eigenvalue weighted by molar-refractivity contribution is -0.0797. The van der Waals surface area contributed by atoms with Crippen LogP contribution in [0.4, 0.5) is 15.3 Å². The molecule has 0 fully saturated rings. The van der Waals surface area contributed by atoms with Crippen LogP contribution in [0.15, 0.2) is 30.5 Å². The lowest BCUT2D eigenvalue weighted by Gasteiger charge is -2.27. The van der Waals surface area contributed by atoms with Gasteiger partial charge in [-0.3, -0.25) is 0 Å². The lowest BCUT2D eigenvalue weighted by Crippen LogP contribution is -2.44. The number of benzene rings is 1. The van der Waals surface area contributed by atoms with Crippen molar-refractivity contribution >= 4 is 23.5 Å². The minimum absolute atomic E-state index is 0.504. The highest BCUT2D eigenvalue weighted by Gasteiger charge is 2.34. The van der Waals surface area contributed by atoms with E-state index in [-0.39, 0.29) is 0 Å². The number of hydrogen-bond acceptors (Lipinski definition) is 6. The van der Waals surface area contributed by atoms with Crippen molar-refractivity contribution in [1.82, 2.24) is 0 Å². The van der Waals surface area contributed by atoms with Gasteiger partial charge >= 0.3 is 18.7 Å². The van der Waals surface area contributed by atoms with Gasteiger partial charge in [0.1, 0.15) is 0 Å². The number of methoxy groups -OCH3 is 2. The van der Waals surface area contributed by atoms with Crippen LogP contribution in [0.3, 0.4) is 0 Å². The van der Waals surface area contributed by atoms with Gasteiger partial charge in [0, 0.05) is 5.56 Å². The predicted octanol–water partition coefficient (Wildman–Crippen LogP) is 2.72. The van der Waals surface area contributed by atoms with E-state index in [2.05, 4.69) is 4.74 Å². The standard InChI is InChI=1S/C14H15NO6/c1-9-8-20-13(21-14(17)19-3)15(12(16)18-2)11-7-5-4-6-10(9)11/h4-8,13H,1-3H3. The summed E-state index contributed by atoms with van der Waals surface area (Å²) in [6, 6.07) is 7.10. The number of amides is 1. The van der Waals surface area contributed by atoms with Crippen LogP contribution < -0.4 is 4.90 Å². The van der Waals surface area contributed by atoms with Crippen molar-refractivity contribution in [2.75, 3.05) is 19.1 Å². The molecule has 0 spiro atoms. The zero-order valence-electron chi connectivity index (χ0n) is 11.9. The lowest BCUT2D eigenvalue weighted by atomic mass is 10.1. The van der Waals surface area contributed by atoms with Crippen molar-refractivity contribution in [3.05, 3.63) is 36.1 Å². The quantitative estimate of drug-likeness (QED) is 0.741. The molecule has 7 nitrogen and oxygen atoms in total. The summed E-state index contributed by atoms with van der Waals surface area (Å²) < 4.78 is 19.5. The summed E-state index contributed by atoms with van der Waals surface area (Å²) in [5.41, 5.74) is 2.04. The van der Waals surface area contributed by atoms with Crippen LogP contribution in [0.2, 0.25) is 0 Å². The zero-order chi connectivity index (χ0) is 15.4. The molecular weight excluding hydrogens is 278 g/mol. The molecule has 0 N–H and O–H groups in total. The van der Waals surface area contributed by atoms with E-state index < -0.39 is 18.7 Å². The largest absolute Gasteiger partial charge is 0.512 e. The molecule has 0 aromatic heterocycles. The van der Waals surface area contributed by atoms with Gasteiger partial charge in [-0.1, -0.05) is 18.2 Å². The van der Waals surface area contributed by atoms with E-state index in [4.69, 9.17) is 14.2 Å². The molecule has 0 bridgehead atoms. The van der Waals surface area contributed by atoms with E-state index in [0.29, 0.717) is 5.69 Å². The number of hydrogen-bond donors (Lipinski definition) is 0. The average Bonchev–Trinajstić information content (AvgIpc) is 2.64. The van der Waals surface area contributed by atoms with Crippen LogP contribution in [0.25, 0.3) is 5.57 Å². The third-order valence-corrected chi connectivity index (χ3v) is 2.90. The topological polar surface area (TPSA) is 74.3 Å². The molecule has 7 heteroatoms. The van der Waals surface area contributed by atoms with Gasteiger partial charge in [0.25, 0.3) is 0 Å². The molecule has 1 aliphatic heterocycles. The maximum atomic E-state index is 12.0. The molecule has 0 saturated heterocycles. The third kappa shape index (κ3) is 2.91. The van der Waals surface area contributed by atoms with Gasteiger partial charge in [-0.05, 0) is 18.6 Å². The van der Waals surface area contributed by atoms with E-state index in [1.54, 1.807) is 12.1 Å². The first-order valence-electron chi connectivity index (χ1n) is 6.12. The van der Waals surface area contributed by atoms with Crippen LogP contribution in [-0.2, 0) is 18.9 Å². The molecule has 0 saturated carbocycles. The number of carbonyl (C=O) groups excluding carboxylic acids is 2. The van der Waals surface area contributed by atoms with Crippen molar-refractivity contribution < 1.29 is 28.5 Å². The molecule has 1 unspecified atom stereocenters. The highest BCUT2D eigenvalue weighted by molar-refractivity contribution is 5.92. The third-order valence-electron chi connectivity index (χ3n) is 2.90. The second-order valence-electron chi connectivity index (χ2n) is 4.17. The number of ether oxygens (including phenoxy) is 4. The maximum absolute atomic E-state index is 12.0. The smallest absolute Gasteiger partial charge is 0.452 e. The molecular formula is C14H15NO6. The molecule has 2 rings (SSSR count). The number of carbonyl (C=O) groups is 2. The highest BCUT2D eigenvalue weighted by Crippen LogP contribution is 2.32. The minimum atomic E-state index is -1.32. The minimum Gasteiger partial charge on any atom is -0.452 e. The Hall–Kier alpha value is -2.70. The molecule has 1 aromatic carbocycles. The molecule has 1 aliphatic rings. The average molecular weight is 293 g/mol. The molecule has 1 amide bonds. The fourth-order valence-corrected chi connectivity index (χ4v) is 1.91. The first-order chi connectivity index (χ1) is 10.1. The van der Waals surface area contributed by atoms with Gasteiger partial charge in [-0.2, -0.15) is 0 Å². The molecule has 1 aromatic rings. The van der Waals surface area contributed by atoms with Gasteiger partial charge in [0.05, 0.1) is 26.2 Å². The normalized spacial score (nSPS) is 16.8. The number of rotatable bonds is 1. The summed E-state index contributed by atoms with van der Waals surface area (Å²) in [6.45, 7) is 1.81. The Bertz CT molecular complexity index is 583. The Labute approximate surface area is 121 Å². The van der Waals surface area contributed by atoms with Crippen molar-refractivity contribution in [3.63, 3.8) is 0 Å². The van der Waals surface area contributed by atoms with Crippen LogP contribution in [-0.4, -0.2) is 32.9 Å². The van der Waals surface area contributed by atoms with E-state index in [1.807, 2.05) is 19.1 Å². The summed E-state index contributed by atoms with van der Waals surface area (Å²) in [6.07, 6.45) is -1.60. The summed E-state index contributed by atoms with van der Waals surface area (Å²) >= 11 is 0. The molecule has 112 valence electrons. The summed E-state index contributed by atoms with van der Waals surface area (Å²) in [4.78, 5) is 24.5. The first-order valence-corrected chi connectivity index (χ1v) is 6.12. The molecule has 0 radical (unpaired) electrons. The van der Waals surface area contributed by atoms with Crippen molar-refractivity contribution in [3.8, 4) is 0 Å². The van der Waals surface area contributed by atoms with E-state index in [0.717, 1.165) is 23.1 Å².